The van der Waals surface area contributed by atoms with E-state index in [9.17, 15) is 14.4 Å². The predicted molar refractivity (Wildman–Crippen MR) is 102 cm³/mol. The van der Waals surface area contributed by atoms with Gasteiger partial charge in [0.15, 0.2) is 0 Å². The third kappa shape index (κ3) is 5.21. The van der Waals surface area contributed by atoms with Crippen molar-refractivity contribution in [3.63, 3.8) is 0 Å². The highest BCUT2D eigenvalue weighted by Crippen LogP contribution is 2.29. The van der Waals surface area contributed by atoms with Gasteiger partial charge >= 0.3 is 6.03 Å². The van der Waals surface area contributed by atoms with Crippen LogP contribution in [-0.4, -0.2) is 47.8 Å². The molecule has 0 aromatic rings. The summed E-state index contributed by atoms with van der Waals surface area (Å²) in [5.74, 6) is 0.0601. The van der Waals surface area contributed by atoms with E-state index in [1.54, 1.807) is 4.90 Å². The van der Waals surface area contributed by atoms with Crippen LogP contribution in [0.5, 0.6) is 0 Å². The van der Waals surface area contributed by atoms with Crippen molar-refractivity contribution >= 4 is 18.2 Å². The Bertz CT molecular complexity index is 509. The molecule has 1 aliphatic heterocycles. The number of hydrogen-bond donors (Lipinski definition) is 2. The molecule has 3 atom stereocenters. The molecule has 2 N–H and O–H groups in total. The number of aldehydes is 1. The lowest BCUT2D eigenvalue weighted by molar-refractivity contribution is -0.137. The Hall–Kier alpha value is -1.59. The first-order chi connectivity index (χ1) is 12.2. The fourth-order valence-corrected chi connectivity index (χ4v) is 3.83. The molecular weight excluding hydrogens is 330 g/mol. The van der Waals surface area contributed by atoms with Crippen molar-refractivity contribution in [2.75, 3.05) is 6.54 Å². The number of urea groups is 1. The first kappa shape index (κ1) is 20.7. The Morgan fingerprint density at radius 2 is 1.69 bits per heavy atom. The highest BCUT2D eigenvalue weighted by molar-refractivity contribution is 5.89. The molecule has 1 saturated heterocycles. The van der Waals surface area contributed by atoms with Gasteiger partial charge in [-0.1, -0.05) is 40.0 Å². The quantitative estimate of drug-likeness (QED) is 0.735. The number of amides is 3. The summed E-state index contributed by atoms with van der Waals surface area (Å²) in [6.07, 6.45) is 7.70. The normalized spacial score (nSPS) is 24.0. The van der Waals surface area contributed by atoms with Gasteiger partial charge in [0.1, 0.15) is 12.3 Å². The van der Waals surface area contributed by atoms with Crippen LogP contribution < -0.4 is 10.6 Å². The minimum Gasteiger partial charge on any atom is -0.335 e. The summed E-state index contributed by atoms with van der Waals surface area (Å²) in [7, 11) is 0. The van der Waals surface area contributed by atoms with Gasteiger partial charge in [-0.05, 0) is 43.9 Å². The van der Waals surface area contributed by atoms with Gasteiger partial charge in [-0.2, -0.15) is 0 Å². The molecule has 0 aromatic heterocycles. The smallest absolute Gasteiger partial charge is 0.315 e. The van der Waals surface area contributed by atoms with E-state index in [1.165, 1.54) is 6.42 Å². The standard InChI is InChI=1S/C20H35N3O3/c1-14(20(2,3)4)21-19(26)22-17(15-9-6-5-7-10-15)18(25)23-12-8-11-16(23)13-24/h13-17H,5-12H2,1-4H3,(H2,21,22,26). The number of nitrogens with zero attached hydrogens (tertiary/aromatic N) is 1. The predicted octanol–water partition coefficient (Wildman–Crippen LogP) is 2.86. The Kier molecular flexibility index (Phi) is 7.07. The molecule has 1 aliphatic carbocycles. The molecule has 26 heavy (non-hydrogen) atoms. The summed E-state index contributed by atoms with van der Waals surface area (Å²) in [6.45, 7) is 8.79. The summed E-state index contributed by atoms with van der Waals surface area (Å²) < 4.78 is 0. The highest BCUT2D eigenvalue weighted by Gasteiger charge is 2.38. The second-order valence-electron chi connectivity index (χ2n) is 8.96. The van der Waals surface area contributed by atoms with Crippen molar-refractivity contribution in [3.05, 3.63) is 0 Å². The number of nitrogens with one attached hydrogen (secondary N) is 2. The number of likely N-dealkylation sites (tertiary alicyclic amines) is 1. The zero-order chi connectivity index (χ0) is 19.3. The van der Waals surface area contributed by atoms with Crippen LogP contribution in [0.25, 0.3) is 0 Å². The van der Waals surface area contributed by atoms with Gasteiger partial charge in [0, 0.05) is 12.6 Å². The maximum Gasteiger partial charge on any atom is 0.315 e. The lowest BCUT2D eigenvalue weighted by Crippen LogP contribution is -2.57. The molecule has 6 nitrogen and oxygen atoms in total. The van der Waals surface area contributed by atoms with E-state index in [2.05, 4.69) is 31.4 Å². The highest BCUT2D eigenvalue weighted by atomic mass is 16.2. The third-order valence-electron chi connectivity index (χ3n) is 6.06. The molecule has 0 aromatic carbocycles. The van der Waals surface area contributed by atoms with Crippen molar-refractivity contribution in [2.24, 2.45) is 11.3 Å². The van der Waals surface area contributed by atoms with Crippen molar-refractivity contribution in [3.8, 4) is 0 Å². The molecule has 2 fully saturated rings. The Morgan fingerprint density at radius 3 is 2.27 bits per heavy atom. The largest absolute Gasteiger partial charge is 0.335 e. The topological polar surface area (TPSA) is 78.5 Å². The van der Waals surface area contributed by atoms with E-state index in [1.807, 2.05) is 6.92 Å². The molecule has 1 heterocycles. The van der Waals surface area contributed by atoms with Gasteiger partial charge in [-0.3, -0.25) is 4.79 Å². The Balaban J connectivity index is 2.09. The van der Waals surface area contributed by atoms with Gasteiger partial charge in [0.25, 0.3) is 0 Å². The molecular formula is C20H35N3O3. The monoisotopic (exact) mass is 365 g/mol. The van der Waals surface area contributed by atoms with Crippen LogP contribution >= 0.6 is 0 Å². The van der Waals surface area contributed by atoms with Crippen LogP contribution in [-0.2, 0) is 9.59 Å². The minimum absolute atomic E-state index is 0.0147. The molecule has 1 saturated carbocycles. The average Bonchev–Trinajstić information content (AvgIpc) is 3.07. The van der Waals surface area contributed by atoms with Crippen LogP contribution in [0.4, 0.5) is 4.79 Å². The fraction of sp³-hybridized carbons (Fsp3) is 0.850. The Morgan fingerprint density at radius 1 is 1.04 bits per heavy atom. The first-order valence-corrected chi connectivity index (χ1v) is 10.1. The molecule has 6 heteroatoms. The molecule has 2 aliphatic rings. The van der Waals surface area contributed by atoms with Crippen LogP contribution in [0.3, 0.4) is 0 Å². The molecule has 3 amide bonds. The summed E-state index contributed by atoms with van der Waals surface area (Å²) in [6, 6.07) is -1.19. The molecule has 0 spiro atoms. The summed E-state index contributed by atoms with van der Waals surface area (Å²) in [5, 5.41) is 5.92. The third-order valence-corrected chi connectivity index (χ3v) is 6.06. The van der Waals surface area contributed by atoms with Crippen LogP contribution in [0, 0.1) is 11.3 Å². The van der Waals surface area contributed by atoms with Gasteiger partial charge < -0.3 is 20.3 Å². The SMILES string of the molecule is CC(NC(=O)NC(C(=O)N1CCCC1C=O)C1CCCCC1)C(C)(C)C. The molecule has 0 bridgehead atoms. The molecule has 2 rings (SSSR count). The average molecular weight is 366 g/mol. The maximum atomic E-state index is 13.2. The molecule has 3 unspecified atom stereocenters. The molecule has 148 valence electrons. The second kappa shape index (κ2) is 8.87. The zero-order valence-electron chi connectivity index (χ0n) is 16.7. The first-order valence-electron chi connectivity index (χ1n) is 10.1. The van der Waals surface area contributed by atoms with E-state index in [-0.39, 0.29) is 35.4 Å². The summed E-state index contributed by atoms with van der Waals surface area (Å²) >= 11 is 0. The lowest BCUT2D eigenvalue weighted by Gasteiger charge is -2.35. The molecule has 0 radical (unpaired) electrons. The van der Waals surface area contributed by atoms with E-state index >= 15 is 0 Å². The summed E-state index contributed by atoms with van der Waals surface area (Å²) in [4.78, 5) is 38.7. The van der Waals surface area contributed by atoms with Gasteiger partial charge in [-0.15, -0.1) is 0 Å². The number of carbonyl (C=O) groups is 3. The summed E-state index contributed by atoms with van der Waals surface area (Å²) in [5.41, 5.74) is -0.0563. The van der Waals surface area contributed by atoms with E-state index in [0.717, 1.165) is 44.8 Å². The zero-order valence-corrected chi connectivity index (χ0v) is 16.7. The van der Waals surface area contributed by atoms with Crippen molar-refractivity contribution in [1.29, 1.82) is 0 Å². The van der Waals surface area contributed by atoms with Crippen molar-refractivity contribution < 1.29 is 14.4 Å². The van der Waals surface area contributed by atoms with E-state index < -0.39 is 6.04 Å². The van der Waals surface area contributed by atoms with Crippen LogP contribution in [0.1, 0.15) is 72.6 Å². The van der Waals surface area contributed by atoms with Crippen LogP contribution in [0.2, 0.25) is 0 Å². The van der Waals surface area contributed by atoms with Crippen LogP contribution in [0.15, 0.2) is 0 Å². The Labute approximate surface area is 157 Å². The van der Waals surface area contributed by atoms with Crippen molar-refractivity contribution in [1.82, 2.24) is 15.5 Å². The number of hydrogen-bond acceptors (Lipinski definition) is 3. The second-order valence-corrected chi connectivity index (χ2v) is 8.96. The van der Waals surface area contributed by atoms with Crippen molar-refractivity contribution in [2.45, 2.75) is 90.8 Å². The van der Waals surface area contributed by atoms with Gasteiger partial charge in [0.2, 0.25) is 5.91 Å². The van der Waals surface area contributed by atoms with Gasteiger partial charge in [0.05, 0.1) is 6.04 Å². The lowest BCUT2D eigenvalue weighted by atomic mass is 9.83. The van der Waals surface area contributed by atoms with E-state index in [0.29, 0.717) is 6.54 Å². The fourth-order valence-electron chi connectivity index (χ4n) is 3.83. The van der Waals surface area contributed by atoms with Gasteiger partial charge in [-0.25, -0.2) is 4.79 Å². The van der Waals surface area contributed by atoms with E-state index in [4.69, 9.17) is 0 Å². The maximum absolute atomic E-state index is 13.2. The number of rotatable bonds is 5. The minimum atomic E-state index is -0.539. The number of carbonyl (C=O) groups excluding carboxylic acids is 3.